The highest BCUT2D eigenvalue weighted by Gasteiger charge is 2.20. The third kappa shape index (κ3) is 3.16. The number of carbonyl (C=O) groups is 2. The summed E-state index contributed by atoms with van der Waals surface area (Å²) in [5, 5.41) is 0. The lowest BCUT2D eigenvalue weighted by Crippen LogP contribution is -2.39. The number of Topliss-reactive ketones (excluding diaryl/α,β-unsaturated/α-hetero) is 1. The molecule has 0 N–H and O–H groups in total. The van der Waals surface area contributed by atoms with Crippen molar-refractivity contribution in [1.82, 2.24) is 4.90 Å². The molecule has 0 aliphatic carbocycles. The molecule has 0 aromatic heterocycles. The van der Waals surface area contributed by atoms with Gasteiger partial charge in [0.1, 0.15) is 0 Å². The second kappa shape index (κ2) is 5.62. The van der Waals surface area contributed by atoms with Crippen LogP contribution < -0.4 is 0 Å². The molecule has 0 saturated heterocycles. The first-order chi connectivity index (χ1) is 7.97. The van der Waals surface area contributed by atoms with E-state index in [1.807, 2.05) is 24.3 Å². The van der Waals surface area contributed by atoms with Gasteiger partial charge in [-0.25, -0.2) is 0 Å². The molecular formula is C14H19NO2. The Morgan fingerprint density at radius 1 is 1.24 bits per heavy atom. The fourth-order valence-electron chi connectivity index (χ4n) is 1.59. The summed E-state index contributed by atoms with van der Waals surface area (Å²) >= 11 is 0. The van der Waals surface area contributed by atoms with Crippen LogP contribution >= 0.6 is 0 Å². The summed E-state index contributed by atoms with van der Waals surface area (Å²) < 4.78 is 0. The average molecular weight is 233 g/mol. The van der Waals surface area contributed by atoms with Crippen molar-refractivity contribution in [3.05, 3.63) is 35.4 Å². The Kier molecular flexibility index (Phi) is 4.44. The highest BCUT2D eigenvalue weighted by atomic mass is 16.2. The lowest BCUT2D eigenvalue weighted by molar-refractivity contribution is -0.128. The number of ketones is 1. The summed E-state index contributed by atoms with van der Waals surface area (Å²) in [5.41, 5.74) is 1.86. The largest absolute Gasteiger partial charge is 0.336 e. The van der Waals surface area contributed by atoms with Gasteiger partial charge in [-0.1, -0.05) is 31.2 Å². The normalized spacial score (nSPS) is 12.0. The predicted octanol–water partition coefficient (Wildman–Crippen LogP) is 2.30. The smallest absolute Gasteiger partial charge is 0.219 e. The molecule has 1 amide bonds. The molecule has 0 fully saturated rings. The van der Waals surface area contributed by atoms with Gasteiger partial charge in [0.25, 0.3) is 0 Å². The minimum atomic E-state index is -0.417. The van der Waals surface area contributed by atoms with Crippen molar-refractivity contribution in [2.45, 2.75) is 33.2 Å². The van der Waals surface area contributed by atoms with E-state index in [0.29, 0.717) is 5.56 Å². The zero-order valence-electron chi connectivity index (χ0n) is 10.9. The van der Waals surface area contributed by atoms with E-state index in [2.05, 4.69) is 6.92 Å². The summed E-state index contributed by atoms with van der Waals surface area (Å²) in [6.45, 7) is 5.28. The van der Waals surface area contributed by atoms with E-state index in [1.54, 1.807) is 14.0 Å². The summed E-state index contributed by atoms with van der Waals surface area (Å²) in [7, 11) is 1.64. The molecule has 1 unspecified atom stereocenters. The quantitative estimate of drug-likeness (QED) is 0.748. The number of hydrogen-bond donors (Lipinski definition) is 0. The predicted molar refractivity (Wildman–Crippen MR) is 68.1 cm³/mol. The second-order valence-electron chi connectivity index (χ2n) is 4.22. The van der Waals surface area contributed by atoms with Crippen LogP contribution in [0.25, 0.3) is 0 Å². The molecule has 3 heteroatoms. The van der Waals surface area contributed by atoms with Crippen molar-refractivity contribution in [2.24, 2.45) is 0 Å². The van der Waals surface area contributed by atoms with Crippen LogP contribution in [-0.4, -0.2) is 29.7 Å². The van der Waals surface area contributed by atoms with Gasteiger partial charge in [-0.3, -0.25) is 9.59 Å². The molecule has 0 saturated carbocycles. The molecule has 1 aromatic rings. The van der Waals surface area contributed by atoms with E-state index in [4.69, 9.17) is 0 Å². The Balaban J connectivity index is 2.85. The number of hydrogen-bond acceptors (Lipinski definition) is 2. The lowest BCUT2D eigenvalue weighted by atomic mass is 10.0. The molecule has 1 aromatic carbocycles. The van der Waals surface area contributed by atoms with E-state index in [9.17, 15) is 9.59 Å². The maximum atomic E-state index is 12.1. The van der Waals surface area contributed by atoms with Gasteiger partial charge >= 0.3 is 0 Å². The summed E-state index contributed by atoms with van der Waals surface area (Å²) in [5.74, 6) is -0.124. The minimum absolute atomic E-state index is 0.0228. The van der Waals surface area contributed by atoms with Gasteiger partial charge in [0, 0.05) is 19.5 Å². The zero-order valence-corrected chi connectivity index (χ0v) is 10.9. The molecule has 0 spiro atoms. The van der Waals surface area contributed by atoms with Gasteiger partial charge in [-0.05, 0) is 18.9 Å². The van der Waals surface area contributed by atoms with E-state index in [1.165, 1.54) is 17.4 Å². The molecule has 92 valence electrons. The van der Waals surface area contributed by atoms with Crippen molar-refractivity contribution in [3.8, 4) is 0 Å². The molecular weight excluding hydrogens is 214 g/mol. The molecule has 1 rings (SSSR count). The van der Waals surface area contributed by atoms with Gasteiger partial charge in [-0.15, -0.1) is 0 Å². The van der Waals surface area contributed by atoms with Crippen molar-refractivity contribution >= 4 is 11.7 Å². The van der Waals surface area contributed by atoms with Gasteiger partial charge < -0.3 is 4.90 Å². The van der Waals surface area contributed by atoms with Crippen molar-refractivity contribution in [2.75, 3.05) is 7.05 Å². The SMILES string of the molecule is CCc1ccc(C(=O)C(C)N(C)C(C)=O)cc1. The molecule has 0 heterocycles. The third-order valence-corrected chi connectivity index (χ3v) is 3.10. The fraction of sp³-hybridized carbons (Fsp3) is 0.429. The number of rotatable bonds is 4. The van der Waals surface area contributed by atoms with Gasteiger partial charge in [0.2, 0.25) is 5.91 Å². The average Bonchev–Trinajstić information content (AvgIpc) is 2.36. The first-order valence-electron chi connectivity index (χ1n) is 5.84. The van der Waals surface area contributed by atoms with Crippen LogP contribution in [0.15, 0.2) is 24.3 Å². The van der Waals surface area contributed by atoms with Crippen LogP contribution in [-0.2, 0) is 11.2 Å². The maximum absolute atomic E-state index is 12.1. The first kappa shape index (κ1) is 13.4. The fourth-order valence-corrected chi connectivity index (χ4v) is 1.59. The minimum Gasteiger partial charge on any atom is -0.336 e. The Hall–Kier alpha value is -1.64. The topological polar surface area (TPSA) is 37.4 Å². The number of nitrogens with zero attached hydrogens (tertiary/aromatic N) is 1. The Bertz CT molecular complexity index is 409. The van der Waals surface area contributed by atoms with E-state index >= 15 is 0 Å². The standard InChI is InChI=1S/C14H19NO2/c1-5-12-6-8-13(9-7-12)14(17)10(2)15(4)11(3)16/h6-10H,5H2,1-4H3. The van der Waals surface area contributed by atoms with Crippen LogP contribution in [0, 0.1) is 0 Å². The van der Waals surface area contributed by atoms with Crippen LogP contribution in [0.5, 0.6) is 0 Å². The highest BCUT2D eigenvalue weighted by Crippen LogP contribution is 2.10. The van der Waals surface area contributed by atoms with E-state index in [0.717, 1.165) is 6.42 Å². The zero-order chi connectivity index (χ0) is 13.0. The van der Waals surface area contributed by atoms with Gasteiger partial charge in [-0.2, -0.15) is 0 Å². The second-order valence-corrected chi connectivity index (χ2v) is 4.22. The summed E-state index contributed by atoms with van der Waals surface area (Å²) in [6.07, 6.45) is 0.956. The number of aryl methyl sites for hydroxylation is 1. The van der Waals surface area contributed by atoms with Crippen LogP contribution in [0.1, 0.15) is 36.7 Å². The Morgan fingerprint density at radius 2 is 1.76 bits per heavy atom. The molecule has 0 aliphatic rings. The van der Waals surface area contributed by atoms with E-state index in [-0.39, 0.29) is 11.7 Å². The summed E-state index contributed by atoms with van der Waals surface area (Å²) in [6, 6.07) is 7.14. The Labute approximate surface area is 102 Å². The van der Waals surface area contributed by atoms with Crippen LogP contribution in [0.3, 0.4) is 0 Å². The van der Waals surface area contributed by atoms with Crippen molar-refractivity contribution in [1.29, 1.82) is 0 Å². The van der Waals surface area contributed by atoms with Crippen molar-refractivity contribution < 1.29 is 9.59 Å². The third-order valence-electron chi connectivity index (χ3n) is 3.10. The number of likely N-dealkylation sites (N-methyl/N-ethyl adjacent to an activating group) is 1. The van der Waals surface area contributed by atoms with Crippen LogP contribution in [0.4, 0.5) is 0 Å². The number of amides is 1. The molecule has 0 aliphatic heterocycles. The Morgan fingerprint density at radius 3 is 2.18 bits per heavy atom. The molecule has 0 bridgehead atoms. The van der Waals surface area contributed by atoms with Crippen molar-refractivity contribution in [3.63, 3.8) is 0 Å². The first-order valence-corrected chi connectivity index (χ1v) is 5.84. The highest BCUT2D eigenvalue weighted by molar-refractivity contribution is 6.01. The summed E-state index contributed by atoms with van der Waals surface area (Å²) in [4.78, 5) is 24.7. The lowest BCUT2D eigenvalue weighted by Gasteiger charge is -2.22. The monoisotopic (exact) mass is 233 g/mol. The molecule has 1 atom stereocenters. The van der Waals surface area contributed by atoms with Gasteiger partial charge in [0.05, 0.1) is 6.04 Å². The van der Waals surface area contributed by atoms with Crippen LogP contribution in [0.2, 0.25) is 0 Å². The molecule has 3 nitrogen and oxygen atoms in total. The van der Waals surface area contributed by atoms with Gasteiger partial charge in [0.15, 0.2) is 5.78 Å². The maximum Gasteiger partial charge on any atom is 0.219 e. The van der Waals surface area contributed by atoms with E-state index < -0.39 is 6.04 Å². The molecule has 17 heavy (non-hydrogen) atoms. The number of benzene rings is 1. The molecule has 0 radical (unpaired) electrons. The number of carbonyl (C=O) groups excluding carboxylic acids is 2.